The zero-order chi connectivity index (χ0) is 7.90. The monoisotopic (exact) mass is 154 g/mol. The number of piperazine rings is 1. The average Bonchev–Trinajstić information content (AvgIpc) is 1.91. The van der Waals surface area contributed by atoms with Gasteiger partial charge in [0.1, 0.15) is 5.54 Å². The molecule has 1 spiro atoms. The zero-order valence-corrected chi connectivity index (χ0v) is 6.14. The molecule has 2 aliphatic rings. The molecule has 2 rings (SSSR count). The molecule has 0 bridgehead atoms. The summed E-state index contributed by atoms with van der Waals surface area (Å²) >= 11 is 0. The van der Waals surface area contributed by atoms with Gasteiger partial charge in [0.05, 0.1) is 6.54 Å². The lowest BCUT2D eigenvalue weighted by Gasteiger charge is -2.43. The van der Waals surface area contributed by atoms with Crippen molar-refractivity contribution in [3.8, 4) is 0 Å². The van der Waals surface area contributed by atoms with Crippen LogP contribution in [-0.2, 0) is 9.59 Å². The molecule has 0 radical (unpaired) electrons. The Morgan fingerprint density at radius 2 is 2.00 bits per heavy atom. The van der Waals surface area contributed by atoms with Crippen molar-refractivity contribution < 1.29 is 9.59 Å². The van der Waals surface area contributed by atoms with Crippen molar-refractivity contribution >= 4 is 11.8 Å². The Bertz CT molecular complexity index is 220. The Morgan fingerprint density at radius 1 is 1.27 bits per heavy atom. The first-order valence-electron chi connectivity index (χ1n) is 3.82. The Labute approximate surface area is 64.3 Å². The van der Waals surface area contributed by atoms with Crippen molar-refractivity contribution in [1.29, 1.82) is 0 Å². The second-order valence-corrected chi connectivity index (χ2v) is 3.17. The van der Waals surface area contributed by atoms with Crippen molar-refractivity contribution in [2.45, 2.75) is 24.8 Å². The van der Waals surface area contributed by atoms with Gasteiger partial charge in [0, 0.05) is 0 Å². The Balaban J connectivity index is 2.16. The summed E-state index contributed by atoms with van der Waals surface area (Å²) in [5.74, 6) is -0.0762. The van der Waals surface area contributed by atoms with E-state index in [0.717, 1.165) is 19.3 Å². The van der Waals surface area contributed by atoms with Gasteiger partial charge in [-0.1, -0.05) is 0 Å². The van der Waals surface area contributed by atoms with Gasteiger partial charge in [-0.25, -0.2) is 0 Å². The summed E-state index contributed by atoms with van der Waals surface area (Å²) in [6.45, 7) is 0.139. The highest BCUT2D eigenvalue weighted by atomic mass is 16.2. The number of carbonyl (C=O) groups excluding carboxylic acids is 2. The third-order valence-electron chi connectivity index (χ3n) is 2.43. The number of hydrogen-bond acceptors (Lipinski definition) is 2. The first kappa shape index (κ1) is 6.64. The predicted octanol–water partition coefficient (Wildman–Crippen LogP) is -0.845. The quantitative estimate of drug-likeness (QED) is 0.477. The molecular weight excluding hydrogens is 144 g/mol. The van der Waals surface area contributed by atoms with Gasteiger partial charge in [-0.15, -0.1) is 0 Å². The second-order valence-electron chi connectivity index (χ2n) is 3.17. The molecule has 11 heavy (non-hydrogen) atoms. The first-order valence-corrected chi connectivity index (χ1v) is 3.82. The molecule has 0 aromatic heterocycles. The predicted molar refractivity (Wildman–Crippen MR) is 37.7 cm³/mol. The number of amides is 2. The molecule has 1 saturated carbocycles. The van der Waals surface area contributed by atoms with Crippen molar-refractivity contribution in [2.24, 2.45) is 0 Å². The summed E-state index contributed by atoms with van der Waals surface area (Å²) in [4.78, 5) is 22.1. The topological polar surface area (TPSA) is 58.2 Å². The van der Waals surface area contributed by atoms with E-state index in [-0.39, 0.29) is 18.4 Å². The lowest BCUT2D eigenvalue weighted by atomic mass is 9.75. The van der Waals surface area contributed by atoms with Crippen molar-refractivity contribution in [3.63, 3.8) is 0 Å². The van der Waals surface area contributed by atoms with Gasteiger partial charge in [0.15, 0.2) is 0 Å². The van der Waals surface area contributed by atoms with E-state index in [0.29, 0.717) is 0 Å². The summed E-state index contributed by atoms with van der Waals surface area (Å²) in [7, 11) is 0. The fourth-order valence-corrected chi connectivity index (χ4v) is 1.58. The fourth-order valence-electron chi connectivity index (χ4n) is 1.58. The van der Waals surface area contributed by atoms with Crippen LogP contribution in [-0.4, -0.2) is 23.9 Å². The van der Waals surface area contributed by atoms with Crippen molar-refractivity contribution in [3.05, 3.63) is 0 Å². The molecule has 0 aromatic rings. The lowest BCUT2D eigenvalue weighted by Crippen LogP contribution is -2.68. The van der Waals surface area contributed by atoms with E-state index in [1.54, 1.807) is 0 Å². The van der Waals surface area contributed by atoms with Gasteiger partial charge in [0.2, 0.25) is 11.8 Å². The minimum absolute atomic E-state index is 0.0108. The second kappa shape index (κ2) is 1.96. The van der Waals surface area contributed by atoms with E-state index >= 15 is 0 Å². The normalized spacial score (nSPS) is 27.3. The van der Waals surface area contributed by atoms with Gasteiger partial charge >= 0.3 is 0 Å². The molecule has 2 fully saturated rings. The van der Waals surface area contributed by atoms with Gasteiger partial charge in [-0.3, -0.25) is 9.59 Å². The van der Waals surface area contributed by atoms with E-state index in [9.17, 15) is 9.59 Å². The van der Waals surface area contributed by atoms with E-state index < -0.39 is 5.54 Å². The van der Waals surface area contributed by atoms with Crippen LogP contribution in [0.25, 0.3) is 0 Å². The van der Waals surface area contributed by atoms with E-state index in [2.05, 4.69) is 10.6 Å². The van der Waals surface area contributed by atoms with Crippen LogP contribution in [0.3, 0.4) is 0 Å². The highest BCUT2D eigenvalue weighted by Crippen LogP contribution is 2.32. The maximum atomic E-state index is 11.2. The van der Waals surface area contributed by atoms with E-state index in [4.69, 9.17) is 0 Å². The summed E-state index contributed by atoms with van der Waals surface area (Å²) in [6, 6.07) is 0. The van der Waals surface area contributed by atoms with Crippen LogP contribution >= 0.6 is 0 Å². The summed E-state index contributed by atoms with van der Waals surface area (Å²) in [5.41, 5.74) is -0.519. The molecule has 1 saturated heterocycles. The summed E-state index contributed by atoms with van der Waals surface area (Å²) < 4.78 is 0. The SMILES string of the molecule is O=C1CNC(=O)C2(CCC2)N1. The summed E-state index contributed by atoms with van der Waals surface area (Å²) in [5, 5.41) is 5.30. The van der Waals surface area contributed by atoms with Gasteiger partial charge < -0.3 is 10.6 Å². The minimum atomic E-state index is -0.519. The van der Waals surface area contributed by atoms with Gasteiger partial charge in [0.25, 0.3) is 0 Å². The van der Waals surface area contributed by atoms with Gasteiger partial charge in [-0.05, 0) is 19.3 Å². The molecule has 0 atom stereocenters. The minimum Gasteiger partial charge on any atom is -0.345 e. The van der Waals surface area contributed by atoms with Crippen LogP contribution in [0.2, 0.25) is 0 Å². The van der Waals surface area contributed by atoms with Crippen LogP contribution in [0.4, 0.5) is 0 Å². The smallest absolute Gasteiger partial charge is 0.246 e. The number of rotatable bonds is 0. The van der Waals surface area contributed by atoms with Gasteiger partial charge in [-0.2, -0.15) is 0 Å². The maximum Gasteiger partial charge on any atom is 0.246 e. The lowest BCUT2D eigenvalue weighted by molar-refractivity contribution is -0.142. The third-order valence-corrected chi connectivity index (χ3v) is 2.43. The summed E-state index contributed by atoms with van der Waals surface area (Å²) in [6.07, 6.45) is 2.63. The molecule has 2 amide bonds. The highest BCUT2D eigenvalue weighted by molar-refractivity contribution is 5.98. The fraction of sp³-hybridized carbons (Fsp3) is 0.714. The third kappa shape index (κ3) is 0.818. The highest BCUT2D eigenvalue weighted by Gasteiger charge is 2.47. The number of carbonyl (C=O) groups is 2. The Hall–Kier alpha value is -1.06. The average molecular weight is 154 g/mol. The Kier molecular flexibility index (Phi) is 1.19. The molecule has 0 aromatic carbocycles. The maximum absolute atomic E-state index is 11.2. The number of nitrogens with one attached hydrogen (secondary N) is 2. The van der Waals surface area contributed by atoms with Crippen molar-refractivity contribution in [2.75, 3.05) is 6.54 Å². The van der Waals surface area contributed by atoms with Crippen LogP contribution in [0.15, 0.2) is 0 Å². The molecule has 1 aliphatic heterocycles. The standard InChI is InChI=1S/C7H10N2O2/c10-5-4-8-6(11)7(9-5)2-1-3-7/h1-4H2,(H,8,11)(H,9,10). The molecule has 1 heterocycles. The molecule has 0 unspecified atom stereocenters. The van der Waals surface area contributed by atoms with Crippen LogP contribution in [0.5, 0.6) is 0 Å². The Morgan fingerprint density at radius 3 is 2.45 bits per heavy atom. The molecule has 60 valence electrons. The largest absolute Gasteiger partial charge is 0.345 e. The molecule has 4 nitrogen and oxygen atoms in total. The number of hydrogen-bond donors (Lipinski definition) is 2. The zero-order valence-electron chi connectivity index (χ0n) is 6.14. The molecule has 1 aliphatic carbocycles. The molecular formula is C7H10N2O2. The molecule has 2 N–H and O–H groups in total. The van der Waals surface area contributed by atoms with E-state index in [1.165, 1.54) is 0 Å². The van der Waals surface area contributed by atoms with E-state index in [1.807, 2.05) is 0 Å². The van der Waals surface area contributed by atoms with Crippen molar-refractivity contribution in [1.82, 2.24) is 10.6 Å². The van der Waals surface area contributed by atoms with Crippen LogP contribution < -0.4 is 10.6 Å². The molecule has 4 heteroatoms. The van der Waals surface area contributed by atoms with Crippen LogP contribution in [0.1, 0.15) is 19.3 Å². The van der Waals surface area contributed by atoms with Crippen LogP contribution in [0, 0.1) is 0 Å². The first-order chi connectivity index (χ1) is 5.23.